The lowest BCUT2D eigenvalue weighted by molar-refractivity contribution is -0.121. The van der Waals surface area contributed by atoms with E-state index in [1.807, 2.05) is 13.0 Å². The molecule has 1 aromatic carbocycles. The number of H-pyrrole nitrogens is 1. The van der Waals surface area contributed by atoms with Gasteiger partial charge in [-0.2, -0.15) is 5.10 Å². The van der Waals surface area contributed by atoms with Crippen LogP contribution in [0.15, 0.2) is 30.5 Å². The van der Waals surface area contributed by atoms with E-state index in [4.69, 9.17) is 0 Å². The highest BCUT2D eigenvalue weighted by Crippen LogP contribution is 2.23. The molecule has 3 aromatic rings. The van der Waals surface area contributed by atoms with E-state index < -0.39 is 17.5 Å². The SMILES string of the molecule is Cc1[nH]nc2ncc(NC(=O)C3CCN(C(=O)c4ccc(F)cc4F)CC3)cc12. The molecule has 2 amide bonds. The van der Waals surface area contributed by atoms with Crippen molar-refractivity contribution in [1.82, 2.24) is 20.1 Å². The van der Waals surface area contributed by atoms with Crippen LogP contribution in [0.3, 0.4) is 0 Å². The van der Waals surface area contributed by atoms with Gasteiger partial charge in [0.1, 0.15) is 11.6 Å². The number of halogens is 2. The summed E-state index contributed by atoms with van der Waals surface area (Å²) in [5.74, 6) is -2.52. The van der Waals surface area contributed by atoms with Crippen molar-refractivity contribution in [3.63, 3.8) is 0 Å². The number of pyridine rings is 1. The van der Waals surface area contributed by atoms with Crippen LogP contribution in [0.25, 0.3) is 11.0 Å². The molecular weight excluding hydrogens is 380 g/mol. The summed E-state index contributed by atoms with van der Waals surface area (Å²) in [6, 6.07) is 4.71. The highest BCUT2D eigenvalue weighted by atomic mass is 19.1. The molecule has 3 heterocycles. The third-order valence-electron chi connectivity index (χ3n) is 5.18. The van der Waals surface area contributed by atoms with Gasteiger partial charge in [-0.25, -0.2) is 13.8 Å². The Kier molecular flexibility index (Phi) is 4.96. The Morgan fingerprint density at radius 2 is 1.97 bits per heavy atom. The Morgan fingerprint density at radius 1 is 1.21 bits per heavy atom. The summed E-state index contributed by atoms with van der Waals surface area (Å²) in [6.45, 7) is 2.52. The molecule has 1 saturated heterocycles. The first-order chi connectivity index (χ1) is 13.9. The molecule has 0 saturated carbocycles. The van der Waals surface area contributed by atoms with Crippen molar-refractivity contribution >= 4 is 28.5 Å². The van der Waals surface area contributed by atoms with Crippen molar-refractivity contribution in [2.45, 2.75) is 19.8 Å². The van der Waals surface area contributed by atoms with E-state index >= 15 is 0 Å². The maximum Gasteiger partial charge on any atom is 0.256 e. The maximum atomic E-state index is 13.9. The second-order valence-electron chi connectivity index (χ2n) is 7.12. The van der Waals surface area contributed by atoms with Crippen LogP contribution in [0.1, 0.15) is 28.9 Å². The van der Waals surface area contributed by atoms with Gasteiger partial charge in [0.2, 0.25) is 5.91 Å². The molecule has 0 spiro atoms. The number of aromatic amines is 1. The third-order valence-corrected chi connectivity index (χ3v) is 5.18. The fourth-order valence-electron chi connectivity index (χ4n) is 3.51. The average molecular weight is 399 g/mol. The van der Waals surface area contributed by atoms with Gasteiger partial charge in [-0.3, -0.25) is 14.7 Å². The number of amides is 2. The number of carbonyl (C=O) groups excluding carboxylic acids is 2. The van der Waals surface area contributed by atoms with Crippen LogP contribution in [-0.2, 0) is 4.79 Å². The fraction of sp³-hybridized carbons (Fsp3) is 0.300. The molecule has 1 aliphatic rings. The molecular formula is C20H19F2N5O2. The van der Waals surface area contributed by atoms with Crippen molar-refractivity contribution in [2.24, 2.45) is 5.92 Å². The predicted octanol–water partition coefficient (Wildman–Crippen LogP) is 3.04. The molecule has 2 N–H and O–H groups in total. The fourth-order valence-corrected chi connectivity index (χ4v) is 3.51. The number of nitrogens with zero attached hydrogens (tertiary/aromatic N) is 3. The summed E-state index contributed by atoms with van der Waals surface area (Å²) in [6.07, 6.45) is 2.47. The van der Waals surface area contributed by atoms with Crippen molar-refractivity contribution in [3.05, 3.63) is 53.4 Å². The van der Waals surface area contributed by atoms with E-state index in [0.29, 0.717) is 43.3 Å². The van der Waals surface area contributed by atoms with Crippen LogP contribution in [-0.4, -0.2) is 45.0 Å². The van der Waals surface area contributed by atoms with Crippen LogP contribution in [0.4, 0.5) is 14.5 Å². The van der Waals surface area contributed by atoms with E-state index in [0.717, 1.165) is 23.2 Å². The largest absolute Gasteiger partial charge is 0.339 e. The van der Waals surface area contributed by atoms with Gasteiger partial charge in [0.25, 0.3) is 5.91 Å². The van der Waals surface area contributed by atoms with Gasteiger partial charge in [0.05, 0.1) is 17.4 Å². The Balaban J connectivity index is 1.37. The molecule has 0 atom stereocenters. The monoisotopic (exact) mass is 399 g/mol. The van der Waals surface area contributed by atoms with Crippen molar-refractivity contribution in [3.8, 4) is 0 Å². The molecule has 4 rings (SSSR count). The van der Waals surface area contributed by atoms with Crippen LogP contribution in [0.5, 0.6) is 0 Å². The Labute approximate surface area is 165 Å². The number of piperidine rings is 1. The summed E-state index contributed by atoms with van der Waals surface area (Å²) in [5, 5.41) is 10.6. The van der Waals surface area contributed by atoms with Gasteiger partial charge in [-0.1, -0.05) is 0 Å². The molecule has 150 valence electrons. The van der Waals surface area contributed by atoms with Crippen molar-refractivity contribution in [2.75, 3.05) is 18.4 Å². The Morgan fingerprint density at radius 3 is 2.69 bits per heavy atom. The van der Waals surface area contributed by atoms with Gasteiger partial charge in [0.15, 0.2) is 5.65 Å². The van der Waals surface area contributed by atoms with Gasteiger partial charge < -0.3 is 10.2 Å². The molecule has 0 aliphatic carbocycles. The summed E-state index contributed by atoms with van der Waals surface area (Å²) in [7, 11) is 0. The zero-order valence-electron chi connectivity index (χ0n) is 15.7. The van der Waals surface area contributed by atoms with E-state index in [9.17, 15) is 18.4 Å². The smallest absolute Gasteiger partial charge is 0.256 e. The average Bonchev–Trinajstić information content (AvgIpc) is 3.08. The highest BCUT2D eigenvalue weighted by Gasteiger charge is 2.29. The first-order valence-electron chi connectivity index (χ1n) is 9.28. The number of anilines is 1. The van der Waals surface area contributed by atoms with Crippen molar-refractivity contribution < 1.29 is 18.4 Å². The molecule has 2 aromatic heterocycles. The Hall–Kier alpha value is -3.36. The number of likely N-dealkylation sites (tertiary alicyclic amines) is 1. The zero-order valence-corrected chi connectivity index (χ0v) is 15.7. The molecule has 1 fully saturated rings. The number of benzene rings is 1. The number of hydrogen-bond donors (Lipinski definition) is 2. The second kappa shape index (κ2) is 7.57. The molecule has 0 radical (unpaired) electrons. The van der Waals surface area contributed by atoms with Crippen molar-refractivity contribution in [1.29, 1.82) is 0 Å². The summed E-state index contributed by atoms with van der Waals surface area (Å²) >= 11 is 0. The minimum Gasteiger partial charge on any atom is -0.339 e. The maximum absolute atomic E-state index is 13.9. The third kappa shape index (κ3) is 3.80. The van der Waals surface area contributed by atoms with Gasteiger partial charge in [0, 0.05) is 36.2 Å². The predicted molar refractivity (Wildman–Crippen MR) is 102 cm³/mol. The Bertz CT molecular complexity index is 1090. The summed E-state index contributed by atoms with van der Waals surface area (Å²) in [4.78, 5) is 30.8. The molecule has 0 bridgehead atoms. The molecule has 0 unspecified atom stereocenters. The standard InChI is InChI=1S/C20H19F2N5O2/c1-11-16-9-14(10-23-18(16)26-25-11)24-19(28)12-4-6-27(7-5-12)20(29)15-3-2-13(21)8-17(15)22/h2-3,8-10,12H,4-7H2,1H3,(H,24,28)(H,23,25,26). The molecule has 1 aliphatic heterocycles. The lowest BCUT2D eigenvalue weighted by Gasteiger charge is -2.31. The zero-order chi connectivity index (χ0) is 20.5. The molecule has 7 nitrogen and oxygen atoms in total. The summed E-state index contributed by atoms with van der Waals surface area (Å²) in [5.41, 5.74) is 1.87. The van der Waals surface area contributed by atoms with Crippen LogP contribution >= 0.6 is 0 Å². The first-order valence-corrected chi connectivity index (χ1v) is 9.28. The van der Waals surface area contributed by atoms with E-state index in [1.165, 1.54) is 4.90 Å². The van der Waals surface area contributed by atoms with E-state index in [1.54, 1.807) is 6.20 Å². The van der Waals surface area contributed by atoms with Crippen LogP contribution < -0.4 is 5.32 Å². The van der Waals surface area contributed by atoms with Crippen LogP contribution in [0, 0.1) is 24.5 Å². The number of hydrogen-bond acceptors (Lipinski definition) is 4. The van der Waals surface area contributed by atoms with Gasteiger partial charge in [-0.05, 0) is 38.0 Å². The number of carbonyl (C=O) groups is 2. The lowest BCUT2D eigenvalue weighted by atomic mass is 9.95. The molecule has 29 heavy (non-hydrogen) atoms. The lowest BCUT2D eigenvalue weighted by Crippen LogP contribution is -2.41. The van der Waals surface area contributed by atoms with Crippen LogP contribution in [0.2, 0.25) is 0 Å². The topological polar surface area (TPSA) is 91.0 Å². The van der Waals surface area contributed by atoms with Gasteiger partial charge in [-0.15, -0.1) is 0 Å². The number of fused-ring (bicyclic) bond motifs is 1. The number of aromatic nitrogens is 3. The highest BCUT2D eigenvalue weighted by molar-refractivity contribution is 5.96. The second-order valence-corrected chi connectivity index (χ2v) is 7.12. The first kappa shape index (κ1) is 19.0. The van der Waals surface area contributed by atoms with Gasteiger partial charge >= 0.3 is 0 Å². The van der Waals surface area contributed by atoms with E-state index in [-0.39, 0.29) is 17.4 Å². The number of rotatable bonds is 3. The minimum absolute atomic E-state index is 0.146. The number of aryl methyl sites for hydroxylation is 1. The minimum atomic E-state index is -0.882. The molecule has 9 heteroatoms. The normalized spacial score (nSPS) is 14.9. The number of nitrogens with one attached hydrogen (secondary N) is 2. The summed E-state index contributed by atoms with van der Waals surface area (Å²) < 4.78 is 26.9. The van der Waals surface area contributed by atoms with E-state index in [2.05, 4.69) is 20.5 Å². The quantitative estimate of drug-likeness (QED) is 0.708.